The largest absolute Gasteiger partial charge is 0.444 e. The molecule has 2 atom stereocenters. The molecule has 0 aromatic heterocycles. The molecule has 1 aliphatic rings. The molecule has 4 rings (SSSR count). The Kier molecular flexibility index (Phi) is 9.64. The van der Waals surface area contributed by atoms with Crippen molar-refractivity contribution in [3.05, 3.63) is 77.4 Å². The molecule has 2 unspecified atom stereocenters. The van der Waals surface area contributed by atoms with Crippen LogP contribution in [0, 0.1) is 13.8 Å². The van der Waals surface area contributed by atoms with Gasteiger partial charge in [-0.1, -0.05) is 54.1 Å². The fraction of sp³-hybridized carbons (Fsp3) is 0.424. The zero-order valence-electron chi connectivity index (χ0n) is 24.8. The van der Waals surface area contributed by atoms with Gasteiger partial charge in [0.1, 0.15) is 17.7 Å². The van der Waals surface area contributed by atoms with Crippen LogP contribution in [-0.4, -0.2) is 52.5 Å². The Balaban J connectivity index is 1.71. The first kappa shape index (κ1) is 30.4. The number of ether oxygens (including phenoxy) is 1. The van der Waals surface area contributed by atoms with Gasteiger partial charge in [-0.25, -0.2) is 4.79 Å². The van der Waals surface area contributed by atoms with Crippen molar-refractivity contribution >= 4 is 46.1 Å². The van der Waals surface area contributed by atoms with E-state index in [2.05, 4.69) is 10.6 Å². The van der Waals surface area contributed by atoms with E-state index in [1.165, 1.54) is 0 Å². The molecule has 0 aliphatic heterocycles. The quantitative estimate of drug-likeness (QED) is 0.278. The van der Waals surface area contributed by atoms with E-state index in [0.717, 1.165) is 40.3 Å². The predicted octanol–water partition coefficient (Wildman–Crippen LogP) is 6.77. The van der Waals surface area contributed by atoms with Gasteiger partial charge in [-0.15, -0.1) is 0 Å². The highest BCUT2D eigenvalue weighted by Gasteiger charge is 2.44. The molecule has 3 amide bonds. The minimum atomic E-state index is -0.862. The molecule has 2 N–H and O–H groups in total. The van der Waals surface area contributed by atoms with Gasteiger partial charge in [0.2, 0.25) is 5.91 Å². The van der Waals surface area contributed by atoms with Gasteiger partial charge in [-0.2, -0.15) is 11.8 Å². The molecule has 1 saturated carbocycles. The molecular formula is C33H41N3O4S. The number of hydrogen-bond acceptors (Lipinski definition) is 5. The van der Waals surface area contributed by atoms with E-state index < -0.39 is 23.8 Å². The maximum atomic E-state index is 14.3. The number of nitrogens with zero attached hydrogens (tertiary/aromatic N) is 1. The zero-order chi connectivity index (χ0) is 29.7. The molecule has 0 heterocycles. The summed E-state index contributed by atoms with van der Waals surface area (Å²) in [5.41, 5.74) is 2.75. The van der Waals surface area contributed by atoms with Gasteiger partial charge in [0.15, 0.2) is 0 Å². The Bertz CT molecular complexity index is 1410. The molecule has 1 fully saturated rings. The number of nitrogens with one attached hydrogen (secondary N) is 2. The third-order valence-corrected chi connectivity index (χ3v) is 7.70. The number of rotatable bonds is 10. The average molecular weight is 576 g/mol. The summed E-state index contributed by atoms with van der Waals surface area (Å²) < 4.78 is 5.49. The SMILES string of the molecule is CSCCC(NC(=O)OC(C)(C)C)C(=O)N(C1CC1)C(C(=O)Nc1ccc2ccccc2c1)c1ccc(C)cc1C. The highest BCUT2D eigenvalue weighted by molar-refractivity contribution is 7.98. The normalized spacial score (nSPS) is 14.7. The van der Waals surface area contributed by atoms with E-state index in [1.54, 1.807) is 37.4 Å². The minimum absolute atomic E-state index is 0.0900. The molecular weight excluding hydrogens is 534 g/mol. The molecule has 41 heavy (non-hydrogen) atoms. The first-order valence-corrected chi connectivity index (χ1v) is 15.5. The van der Waals surface area contributed by atoms with Crippen molar-refractivity contribution in [2.24, 2.45) is 0 Å². The highest BCUT2D eigenvalue weighted by atomic mass is 32.2. The maximum absolute atomic E-state index is 14.3. The number of aryl methyl sites for hydroxylation is 2. The van der Waals surface area contributed by atoms with E-state index in [9.17, 15) is 14.4 Å². The first-order valence-electron chi connectivity index (χ1n) is 14.1. The van der Waals surface area contributed by atoms with Crippen LogP contribution in [0.3, 0.4) is 0 Å². The van der Waals surface area contributed by atoms with Gasteiger partial charge >= 0.3 is 6.09 Å². The third-order valence-electron chi connectivity index (χ3n) is 7.06. The molecule has 7 nitrogen and oxygen atoms in total. The van der Waals surface area contributed by atoms with Gasteiger partial charge < -0.3 is 20.3 Å². The number of fused-ring (bicyclic) bond motifs is 1. The highest BCUT2D eigenvalue weighted by Crippen LogP contribution is 2.37. The molecule has 0 radical (unpaired) electrons. The summed E-state index contributed by atoms with van der Waals surface area (Å²) in [6.07, 6.45) is 3.35. The topological polar surface area (TPSA) is 87.7 Å². The predicted molar refractivity (Wildman–Crippen MR) is 167 cm³/mol. The second-order valence-corrected chi connectivity index (χ2v) is 12.8. The van der Waals surface area contributed by atoms with Gasteiger partial charge in [0, 0.05) is 11.7 Å². The van der Waals surface area contributed by atoms with E-state index in [0.29, 0.717) is 17.9 Å². The molecule has 0 bridgehead atoms. The van der Waals surface area contributed by atoms with Crippen LogP contribution in [0.15, 0.2) is 60.7 Å². The van der Waals surface area contributed by atoms with Crippen LogP contribution >= 0.6 is 11.8 Å². The third kappa shape index (κ3) is 8.03. The molecule has 1 aliphatic carbocycles. The van der Waals surface area contributed by atoms with Gasteiger partial charge in [0.25, 0.3) is 5.91 Å². The molecule has 8 heteroatoms. The second kappa shape index (κ2) is 13.0. The lowest BCUT2D eigenvalue weighted by molar-refractivity contribution is -0.141. The minimum Gasteiger partial charge on any atom is -0.444 e. The van der Waals surface area contributed by atoms with Crippen LogP contribution in [0.25, 0.3) is 10.8 Å². The Hall–Kier alpha value is -3.52. The summed E-state index contributed by atoms with van der Waals surface area (Å²) in [6.45, 7) is 9.34. The van der Waals surface area contributed by atoms with Crippen LogP contribution in [0.5, 0.6) is 0 Å². The van der Waals surface area contributed by atoms with E-state index >= 15 is 0 Å². The number of amides is 3. The summed E-state index contributed by atoms with van der Waals surface area (Å²) in [6, 6.07) is 18.0. The van der Waals surface area contributed by atoms with Gasteiger partial charge in [-0.05, 0) is 99.9 Å². The Morgan fingerprint density at radius 2 is 1.71 bits per heavy atom. The number of thioether (sulfide) groups is 1. The fourth-order valence-corrected chi connectivity index (χ4v) is 5.49. The number of carbonyl (C=O) groups excluding carboxylic acids is 3. The van der Waals surface area contributed by atoms with Crippen LogP contribution in [0.2, 0.25) is 0 Å². The van der Waals surface area contributed by atoms with Gasteiger partial charge in [-0.3, -0.25) is 9.59 Å². The molecule has 3 aromatic carbocycles. The van der Waals surface area contributed by atoms with E-state index in [1.807, 2.05) is 80.8 Å². The van der Waals surface area contributed by atoms with Crippen molar-refractivity contribution in [1.29, 1.82) is 0 Å². The van der Waals surface area contributed by atoms with Crippen LogP contribution < -0.4 is 10.6 Å². The summed E-state index contributed by atoms with van der Waals surface area (Å²) in [4.78, 5) is 43.0. The van der Waals surface area contributed by atoms with Gasteiger partial charge in [0.05, 0.1) is 0 Å². The number of anilines is 1. The Morgan fingerprint density at radius 3 is 2.34 bits per heavy atom. The number of carbonyl (C=O) groups is 3. The number of alkyl carbamates (subject to hydrolysis) is 1. The van der Waals surface area contributed by atoms with Crippen molar-refractivity contribution in [1.82, 2.24) is 10.2 Å². The lowest BCUT2D eigenvalue weighted by Gasteiger charge is -2.35. The Morgan fingerprint density at radius 1 is 1.00 bits per heavy atom. The lowest BCUT2D eigenvalue weighted by Crippen LogP contribution is -2.53. The summed E-state index contributed by atoms with van der Waals surface area (Å²) in [5, 5.41) is 8.01. The summed E-state index contributed by atoms with van der Waals surface area (Å²) in [5.74, 6) is 0.113. The number of benzene rings is 3. The van der Waals surface area contributed by atoms with E-state index in [-0.39, 0.29) is 17.9 Å². The monoisotopic (exact) mass is 575 g/mol. The van der Waals surface area contributed by atoms with Crippen molar-refractivity contribution in [3.8, 4) is 0 Å². The summed E-state index contributed by atoms with van der Waals surface area (Å²) >= 11 is 1.60. The molecule has 218 valence electrons. The summed E-state index contributed by atoms with van der Waals surface area (Å²) in [7, 11) is 0. The standard InChI is InChI=1S/C33H41N3O4S/c1-21-11-16-27(22(2)19-21)29(30(37)34-25-13-12-23-9-7-8-10-24(23)20-25)36(26-14-15-26)31(38)28(17-18-41-6)35-32(39)40-33(3,4)5/h7-13,16,19-20,26,28-29H,14-15,17-18H2,1-6H3,(H,34,37)(H,35,39). The fourth-order valence-electron chi connectivity index (χ4n) is 5.02. The van der Waals surface area contributed by atoms with E-state index in [4.69, 9.17) is 4.74 Å². The van der Waals surface area contributed by atoms with Crippen molar-refractivity contribution in [2.75, 3.05) is 17.3 Å². The molecule has 3 aromatic rings. The van der Waals surface area contributed by atoms with Crippen LogP contribution in [-0.2, 0) is 14.3 Å². The van der Waals surface area contributed by atoms with Crippen LogP contribution in [0.1, 0.15) is 62.8 Å². The number of hydrogen-bond donors (Lipinski definition) is 2. The van der Waals surface area contributed by atoms with Crippen molar-refractivity contribution < 1.29 is 19.1 Å². The smallest absolute Gasteiger partial charge is 0.408 e. The average Bonchev–Trinajstić information content (AvgIpc) is 3.74. The van der Waals surface area contributed by atoms with Crippen molar-refractivity contribution in [2.45, 2.75) is 77.6 Å². The van der Waals surface area contributed by atoms with Crippen molar-refractivity contribution in [3.63, 3.8) is 0 Å². The molecule has 0 saturated heterocycles. The molecule has 0 spiro atoms. The zero-order valence-corrected chi connectivity index (χ0v) is 25.6. The Labute approximate surface area is 247 Å². The second-order valence-electron chi connectivity index (χ2n) is 11.8. The lowest BCUT2D eigenvalue weighted by atomic mass is 9.96. The first-order chi connectivity index (χ1) is 19.5. The maximum Gasteiger partial charge on any atom is 0.408 e. The van der Waals surface area contributed by atoms with Crippen LogP contribution in [0.4, 0.5) is 10.5 Å².